The highest BCUT2D eigenvalue weighted by Crippen LogP contribution is 2.28. The Morgan fingerprint density at radius 3 is 1.84 bits per heavy atom. The van der Waals surface area contributed by atoms with Gasteiger partial charge in [0.2, 0.25) is 21.8 Å². The molecular weight excluding hydrogens is 590 g/mol. The molecule has 4 aromatic carbocycles. The van der Waals surface area contributed by atoms with Crippen LogP contribution in [0.3, 0.4) is 0 Å². The van der Waals surface area contributed by atoms with Gasteiger partial charge in [-0.15, -0.1) is 0 Å². The number of methoxy groups -OCH3 is 2. The summed E-state index contributed by atoms with van der Waals surface area (Å²) in [6.45, 7) is 0.000687. The van der Waals surface area contributed by atoms with Crippen LogP contribution >= 0.6 is 0 Å². The van der Waals surface area contributed by atoms with Crippen LogP contribution in [0.2, 0.25) is 0 Å². The van der Waals surface area contributed by atoms with Gasteiger partial charge in [0.05, 0.1) is 27.0 Å². The zero-order chi connectivity index (χ0) is 32.2. The molecule has 0 bridgehead atoms. The molecule has 0 spiro atoms. The van der Waals surface area contributed by atoms with Gasteiger partial charge in [0.15, 0.2) is 11.5 Å². The number of nitrogens with zero attached hydrogens (tertiary/aromatic N) is 2. The molecule has 0 saturated carbocycles. The summed E-state index contributed by atoms with van der Waals surface area (Å²) in [4.78, 5) is 29.6. The summed E-state index contributed by atoms with van der Waals surface area (Å²) in [6, 6.07) is 32.0. The Bertz CT molecular complexity index is 1650. The zero-order valence-corrected chi connectivity index (χ0v) is 26.6. The van der Waals surface area contributed by atoms with Gasteiger partial charge in [0, 0.05) is 19.6 Å². The Hall–Kier alpha value is -4.67. The SMILES string of the molecule is COc1ccc(CCNC(=O)[C@H](c2ccccc2)N(Cc2ccccc2)C(=O)CN(Cc2ccccc2)S(C)(=O)=O)cc1OC. The molecule has 10 heteroatoms. The van der Waals surface area contributed by atoms with E-state index >= 15 is 0 Å². The molecule has 1 atom stereocenters. The number of hydrogen-bond acceptors (Lipinski definition) is 6. The first-order valence-electron chi connectivity index (χ1n) is 14.6. The lowest BCUT2D eigenvalue weighted by molar-refractivity contribution is -0.141. The first-order chi connectivity index (χ1) is 21.7. The molecule has 0 unspecified atom stereocenters. The third-order valence-electron chi connectivity index (χ3n) is 7.33. The highest BCUT2D eigenvalue weighted by molar-refractivity contribution is 7.88. The van der Waals surface area contributed by atoms with E-state index < -0.39 is 28.5 Å². The second kappa shape index (κ2) is 15.9. The van der Waals surface area contributed by atoms with Crippen LogP contribution in [-0.4, -0.2) is 63.0 Å². The maximum Gasteiger partial charge on any atom is 0.247 e. The number of ether oxygens (including phenoxy) is 2. The smallest absolute Gasteiger partial charge is 0.247 e. The Morgan fingerprint density at radius 2 is 1.29 bits per heavy atom. The molecule has 4 aromatic rings. The summed E-state index contributed by atoms with van der Waals surface area (Å²) in [5, 5.41) is 3.00. The van der Waals surface area contributed by atoms with Crippen LogP contribution in [0.25, 0.3) is 0 Å². The molecular formula is C35H39N3O6S. The van der Waals surface area contributed by atoms with Crippen LogP contribution < -0.4 is 14.8 Å². The van der Waals surface area contributed by atoms with Crippen LogP contribution in [0.4, 0.5) is 0 Å². The fourth-order valence-corrected chi connectivity index (χ4v) is 5.72. The monoisotopic (exact) mass is 629 g/mol. The molecule has 45 heavy (non-hydrogen) atoms. The van der Waals surface area contributed by atoms with Gasteiger partial charge in [-0.2, -0.15) is 4.31 Å². The topological polar surface area (TPSA) is 105 Å². The summed E-state index contributed by atoms with van der Waals surface area (Å²) in [5.74, 6) is 0.331. The van der Waals surface area contributed by atoms with E-state index in [0.717, 1.165) is 27.3 Å². The van der Waals surface area contributed by atoms with Crippen LogP contribution in [0, 0.1) is 0 Å². The zero-order valence-electron chi connectivity index (χ0n) is 25.8. The van der Waals surface area contributed by atoms with Gasteiger partial charge in [-0.05, 0) is 40.8 Å². The molecule has 0 aliphatic rings. The minimum absolute atomic E-state index is 0.0259. The maximum atomic E-state index is 14.2. The maximum absolute atomic E-state index is 14.2. The summed E-state index contributed by atoms with van der Waals surface area (Å²) in [6.07, 6.45) is 1.60. The average molecular weight is 630 g/mol. The second-order valence-electron chi connectivity index (χ2n) is 10.6. The summed E-state index contributed by atoms with van der Waals surface area (Å²) in [7, 11) is -0.628. The number of benzene rings is 4. The Balaban J connectivity index is 1.62. The lowest BCUT2D eigenvalue weighted by Gasteiger charge is -2.33. The molecule has 0 aliphatic carbocycles. The minimum Gasteiger partial charge on any atom is -0.493 e. The van der Waals surface area contributed by atoms with Crippen molar-refractivity contribution in [1.82, 2.24) is 14.5 Å². The summed E-state index contributed by atoms with van der Waals surface area (Å²) in [5.41, 5.74) is 3.10. The molecule has 0 saturated heterocycles. The van der Waals surface area contributed by atoms with Crippen molar-refractivity contribution in [2.24, 2.45) is 0 Å². The van der Waals surface area contributed by atoms with Gasteiger partial charge in [0.25, 0.3) is 0 Å². The summed E-state index contributed by atoms with van der Waals surface area (Å²) >= 11 is 0. The van der Waals surface area contributed by atoms with E-state index in [4.69, 9.17) is 9.47 Å². The van der Waals surface area contributed by atoms with Crippen molar-refractivity contribution in [3.8, 4) is 11.5 Å². The van der Waals surface area contributed by atoms with Crippen molar-refractivity contribution in [2.75, 3.05) is 33.6 Å². The molecule has 0 radical (unpaired) electrons. The predicted molar refractivity (Wildman–Crippen MR) is 174 cm³/mol. The van der Waals surface area contributed by atoms with Gasteiger partial charge in [-0.3, -0.25) is 9.59 Å². The van der Waals surface area contributed by atoms with E-state index in [2.05, 4.69) is 5.32 Å². The molecule has 0 fully saturated rings. The molecule has 9 nitrogen and oxygen atoms in total. The first kappa shape index (κ1) is 33.2. The quantitative estimate of drug-likeness (QED) is 0.206. The number of rotatable bonds is 15. The Morgan fingerprint density at radius 1 is 0.733 bits per heavy atom. The second-order valence-corrected chi connectivity index (χ2v) is 12.5. The van der Waals surface area contributed by atoms with Gasteiger partial charge >= 0.3 is 0 Å². The van der Waals surface area contributed by atoms with Crippen molar-refractivity contribution in [1.29, 1.82) is 0 Å². The van der Waals surface area contributed by atoms with Crippen molar-refractivity contribution < 1.29 is 27.5 Å². The van der Waals surface area contributed by atoms with E-state index in [-0.39, 0.29) is 19.0 Å². The number of nitrogens with one attached hydrogen (secondary N) is 1. The highest BCUT2D eigenvalue weighted by atomic mass is 32.2. The van der Waals surface area contributed by atoms with E-state index in [0.29, 0.717) is 30.0 Å². The number of amides is 2. The van der Waals surface area contributed by atoms with Crippen LogP contribution in [0.15, 0.2) is 109 Å². The summed E-state index contributed by atoms with van der Waals surface area (Å²) < 4.78 is 37.6. The normalized spacial score (nSPS) is 11.9. The van der Waals surface area contributed by atoms with Crippen molar-refractivity contribution in [3.05, 3.63) is 131 Å². The minimum atomic E-state index is -3.76. The fraction of sp³-hybridized carbons (Fsp3) is 0.257. The number of carbonyl (C=O) groups is 2. The van der Waals surface area contributed by atoms with E-state index in [9.17, 15) is 18.0 Å². The average Bonchev–Trinajstić information content (AvgIpc) is 3.05. The molecule has 0 heterocycles. The molecule has 0 aliphatic heterocycles. The third-order valence-corrected chi connectivity index (χ3v) is 8.53. The van der Waals surface area contributed by atoms with Gasteiger partial charge in [-0.25, -0.2) is 8.42 Å². The standard InChI is InChI=1S/C35H39N3O6S/c1-43-31-20-19-27(23-32(31)44-2)21-22-36-35(40)34(30-17-11-6-12-18-30)38(25-29-15-9-5-10-16-29)33(39)26-37(45(3,41)42)24-28-13-7-4-8-14-28/h4-20,23,34H,21-22,24-26H2,1-3H3,(H,36,40)/t34-/m0/s1. The van der Waals surface area contributed by atoms with Crippen molar-refractivity contribution in [3.63, 3.8) is 0 Å². The lowest BCUT2D eigenvalue weighted by Crippen LogP contribution is -2.48. The molecule has 2 amide bonds. The highest BCUT2D eigenvalue weighted by Gasteiger charge is 2.33. The lowest BCUT2D eigenvalue weighted by atomic mass is 10.0. The molecule has 4 rings (SSSR count). The number of carbonyl (C=O) groups excluding carboxylic acids is 2. The number of sulfonamides is 1. The Labute approximate surface area is 265 Å². The third kappa shape index (κ3) is 9.41. The molecule has 1 N–H and O–H groups in total. The van der Waals surface area contributed by atoms with E-state index in [1.807, 2.05) is 97.1 Å². The van der Waals surface area contributed by atoms with E-state index in [1.54, 1.807) is 26.4 Å². The van der Waals surface area contributed by atoms with Crippen molar-refractivity contribution in [2.45, 2.75) is 25.6 Å². The Kier molecular flexibility index (Phi) is 11.7. The molecule has 0 aromatic heterocycles. The largest absolute Gasteiger partial charge is 0.493 e. The first-order valence-corrected chi connectivity index (χ1v) is 16.4. The van der Waals surface area contributed by atoms with E-state index in [1.165, 1.54) is 4.90 Å². The van der Waals surface area contributed by atoms with Crippen LogP contribution in [-0.2, 0) is 39.1 Å². The van der Waals surface area contributed by atoms with Gasteiger partial charge in [-0.1, -0.05) is 97.1 Å². The fourth-order valence-electron chi connectivity index (χ4n) is 4.99. The number of hydrogen-bond donors (Lipinski definition) is 1. The predicted octanol–water partition coefficient (Wildman–Crippen LogP) is 4.59. The van der Waals surface area contributed by atoms with Crippen LogP contribution in [0.1, 0.15) is 28.3 Å². The van der Waals surface area contributed by atoms with Gasteiger partial charge < -0.3 is 19.7 Å². The van der Waals surface area contributed by atoms with Gasteiger partial charge in [0.1, 0.15) is 6.04 Å². The molecule has 236 valence electrons. The van der Waals surface area contributed by atoms with Crippen LogP contribution in [0.5, 0.6) is 11.5 Å². The van der Waals surface area contributed by atoms with Crippen molar-refractivity contribution >= 4 is 21.8 Å².